The molecule has 19 heavy (non-hydrogen) atoms. The summed E-state index contributed by atoms with van der Waals surface area (Å²) >= 11 is 5.27. The molecule has 0 aliphatic rings. The van der Waals surface area contributed by atoms with Crippen LogP contribution in [0.3, 0.4) is 0 Å². The number of pyridine rings is 1. The molecule has 1 aromatic heterocycles. The molecule has 0 radical (unpaired) electrons. The van der Waals surface area contributed by atoms with E-state index in [0.717, 1.165) is 0 Å². The first-order valence-electron chi connectivity index (χ1n) is 4.55. The van der Waals surface area contributed by atoms with Crippen LogP contribution in [0.15, 0.2) is 6.07 Å². The van der Waals surface area contributed by atoms with E-state index in [9.17, 15) is 26.7 Å². The lowest BCUT2D eigenvalue weighted by Crippen LogP contribution is -2.18. The number of nitrogens with zero attached hydrogens (tertiary/aromatic N) is 1. The number of ether oxygens (including phenoxy) is 1. The van der Waals surface area contributed by atoms with Gasteiger partial charge < -0.3 is 9.84 Å². The highest BCUT2D eigenvalue weighted by Gasteiger charge is 2.33. The average molecular weight is 306 g/mol. The van der Waals surface area contributed by atoms with Crippen LogP contribution in [0.5, 0.6) is 5.75 Å². The van der Waals surface area contributed by atoms with Crippen LogP contribution < -0.4 is 4.74 Å². The molecule has 4 nitrogen and oxygen atoms in total. The third-order valence-corrected chi connectivity index (χ3v) is 2.10. The van der Waals surface area contributed by atoms with Gasteiger partial charge in [-0.15, -0.1) is 13.2 Å². The minimum absolute atomic E-state index is 0.485. The van der Waals surface area contributed by atoms with Crippen LogP contribution >= 0.6 is 11.6 Å². The van der Waals surface area contributed by atoms with E-state index >= 15 is 0 Å². The predicted molar refractivity (Wildman–Crippen MR) is 52.2 cm³/mol. The summed E-state index contributed by atoms with van der Waals surface area (Å²) in [7, 11) is 0. The minimum Gasteiger partial charge on any atom is -0.481 e. The van der Waals surface area contributed by atoms with Gasteiger partial charge in [-0.2, -0.15) is 0 Å². The summed E-state index contributed by atoms with van der Waals surface area (Å²) in [5.74, 6) is -2.54. The molecule has 1 heterocycles. The highest BCUT2D eigenvalue weighted by Crippen LogP contribution is 2.33. The van der Waals surface area contributed by atoms with Crippen molar-refractivity contribution in [3.05, 3.63) is 22.5 Å². The normalized spacial score (nSPS) is 11.7. The van der Waals surface area contributed by atoms with Crippen LogP contribution in [0.25, 0.3) is 0 Å². The van der Waals surface area contributed by atoms with Gasteiger partial charge in [0.15, 0.2) is 10.9 Å². The number of halogens is 6. The Labute approximate surface area is 107 Å². The zero-order valence-electron chi connectivity index (χ0n) is 8.84. The van der Waals surface area contributed by atoms with Crippen LogP contribution in [0, 0.1) is 0 Å². The summed E-state index contributed by atoms with van der Waals surface area (Å²) in [4.78, 5) is 13.5. The van der Waals surface area contributed by atoms with Crippen molar-refractivity contribution in [1.29, 1.82) is 0 Å². The fraction of sp³-hybridized carbons (Fsp3) is 0.333. The van der Waals surface area contributed by atoms with Crippen LogP contribution in [0.2, 0.25) is 5.15 Å². The molecular formula is C9H5ClF5NO3. The molecular weight excluding hydrogens is 301 g/mol. The number of carboxylic acid groups (broad SMARTS) is 1. The number of hydrogen-bond donors (Lipinski definition) is 1. The molecule has 0 aliphatic heterocycles. The SMILES string of the molecule is O=C(O)Cc1cc(OC(F)(F)F)c(Cl)nc1C(F)F. The first kappa shape index (κ1) is 15.4. The van der Waals surface area contributed by atoms with Crippen molar-refractivity contribution in [2.24, 2.45) is 0 Å². The van der Waals surface area contributed by atoms with Gasteiger partial charge in [0.2, 0.25) is 0 Å². The van der Waals surface area contributed by atoms with Gasteiger partial charge in [-0.05, 0) is 11.6 Å². The van der Waals surface area contributed by atoms with E-state index in [2.05, 4.69) is 9.72 Å². The van der Waals surface area contributed by atoms with Gasteiger partial charge in [0.25, 0.3) is 6.43 Å². The third-order valence-electron chi connectivity index (χ3n) is 1.83. The molecule has 106 valence electrons. The molecule has 0 amide bonds. The smallest absolute Gasteiger partial charge is 0.481 e. The Bertz CT molecular complexity index is 491. The van der Waals surface area contributed by atoms with E-state index in [-0.39, 0.29) is 0 Å². The molecule has 1 rings (SSSR count). The number of hydrogen-bond acceptors (Lipinski definition) is 3. The minimum atomic E-state index is -5.10. The summed E-state index contributed by atoms with van der Waals surface area (Å²) in [6.45, 7) is 0. The second kappa shape index (κ2) is 5.55. The van der Waals surface area contributed by atoms with Gasteiger partial charge in [0.05, 0.1) is 6.42 Å². The standard InChI is InChI=1S/C9H5ClF5NO3/c10-7-4(19-9(13,14)15)1-3(2-5(17)18)6(16-7)8(11)12/h1,8H,2H2,(H,17,18). The molecule has 0 saturated heterocycles. The van der Waals surface area contributed by atoms with Crippen molar-refractivity contribution in [1.82, 2.24) is 4.98 Å². The second-order valence-corrected chi connectivity index (χ2v) is 3.60. The Hall–Kier alpha value is -1.64. The topological polar surface area (TPSA) is 59.4 Å². The van der Waals surface area contributed by atoms with Gasteiger partial charge in [0.1, 0.15) is 5.69 Å². The summed E-state index contributed by atoms with van der Waals surface area (Å²) in [5, 5.41) is 7.57. The maximum atomic E-state index is 12.6. The Morgan fingerprint density at radius 3 is 2.47 bits per heavy atom. The molecule has 0 aromatic carbocycles. The number of rotatable bonds is 4. The lowest BCUT2D eigenvalue weighted by molar-refractivity contribution is -0.274. The Morgan fingerprint density at radius 2 is 2.05 bits per heavy atom. The second-order valence-electron chi connectivity index (χ2n) is 3.24. The monoisotopic (exact) mass is 305 g/mol. The van der Waals surface area contributed by atoms with Crippen molar-refractivity contribution < 1.29 is 36.6 Å². The van der Waals surface area contributed by atoms with Gasteiger partial charge in [-0.3, -0.25) is 4.79 Å². The molecule has 0 fully saturated rings. The van der Waals surface area contributed by atoms with Gasteiger partial charge in [0, 0.05) is 0 Å². The molecule has 0 atom stereocenters. The van der Waals surface area contributed by atoms with Crippen molar-refractivity contribution >= 4 is 17.6 Å². The van der Waals surface area contributed by atoms with Crippen molar-refractivity contribution in [3.8, 4) is 5.75 Å². The zero-order chi connectivity index (χ0) is 14.8. The molecule has 1 aromatic rings. The molecule has 0 aliphatic carbocycles. The summed E-state index contributed by atoms with van der Waals surface area (Å²) in [5.41, 5.74) is -1.60. The van der Waals surface area contributed by atoms with Crippen LogP contribution in [-0.2, 0) is 11.2 Å². The van der Waals surface area contributed by atoms with Crippen LogP contribution in [0.1, 0.15) is 17.7 Å². The van der Waals surface area contributed by atoms with E-state index in [1.54, 1.807) is 0 Å². The van der Waals surface area contributed by atoms with Crippen LogP contribution in [-0.4, -0.2) is 22.4 Å². The van der Waals surface area contributed by atoms with Crippen molar-refractivity contribution in [2.75, 3.05) is 0 Å². The first-order valence-corrected chi connectivity index (χ1v) is 4.93. The van der Waals surface area contributed by atoms with E-state index in [1.807, 2.05) is 0 Å². The maximum absolute atomic E-state index is 12.6. The first-order chi connectivity index (χ1) is 8.60. The third kappa shape index (κ3) is 4.51. The Balaban J connectivity index is 3.25. The van der Waals surface area contributed by atoms with Crippen molar-refractivity contribution in [2.45, 2.75) is 19.2 Å². The van der Waals surface area contributed by atoms with E-state index in [0.29, 0.717) is 6.07 Å². The van der Waals surface area contributed by atoms with Crippen LogP contribution in [0.4, 0.5) is 22.0 Å². The average Bonchev–Trinajstić information content (AvgIpc) is 2.19. The highest BCUT2D eigenvalue weighted by molar-refractivity contribution is 6.30. The summed E-state index contributed by atoms with van der Waals surface area (Å²) in [6.07, 6.45) is -9.21. The highest BCUT2D eigenvalue weighted by atomic mass is 35.5. The van der Waals surface area contributed by atoms with E-state index in [1.165, 1.54) is 0 Å². The molecule has 10 heteroatoms. The lowest BCUT2D eigenvalue weighted by atomic mass is 10.1. The number of carboxylic acids is 1. The Morgan fingerprint density at radius 1 is 1.47 bits per heavy atom. The fourth-order valence-electron chi connectivity index (χ4n) is 1.21. The fourth-order valence-corrected chi connectivity index (χ4v) is 1.40. The zero-order valence-corrected chi connectivity index (χ0v) is 9.60. The molecule has 0 spiro atoms. The quantitative estimate of drug-likeness (QED) is 0.685. The number of aliphatic carboxylic acids is 1. The molecule has 0 bridgehead atoms. The van der Waals surface area contributed by atoms with Gasteiger partial charge >= 0.3 is 12.3 Å². The van der Waals surface area contributed by atoms with Gasteiger partial charge in [-0.25, -0.2) is 13.8 Å². The molecule has 0 saturated carbocycles. The van der Waals surface area contributed by atoms with Gasteiger partial charge in [-0.1, -0.05) is 11.6 Å². The largest absolute Gasteiger partial charge is 0.573 e. The van der Waals surface area contributed by atoms with Crippen molar-refractivity contribution in [3.63, 3.8) is 0 Å². The Kier molecular flexibility index (Phi) is 4.51. The lowest BCUT2D eigenvalue weighted by Gasteiger charge is -2.13. The maximum Gasteiger partial charge on any atom is 0.573 e. The predicted octanol–water partition coefficient (Wildman–Crippen LogP) is 3.20. The van der Waals surface area contributed by atoms with E-state index in [4.69, 9.17) is 16.7 Å². The number of aromatic nitrogens is 1. The van der Waals surface area contributed by atoms with E-state index < -0.39 is 47.3 Å². The molecule has 0 unspecified atom stereocenters. The number of carbonyl (C=O) groups is 1. The summed E-state index contributed by atoms with van der Waals surface area (Å²) < 4.78 is 64.6. The molecule has 1 N–H and O–H groups in total. The number of alkyl halides is 5. The summed E-state index contributed by atoms with van der Waals surface area (Å²) in [6, 6.07) is 0.485.